The number of benzene rings is 1. The maximum atomic E-state index is 13.1. The zero-order valence-corrected chi connectivity index (χ0v) is 15.2. The van der Waals surface area contributed by atoms with Gasteiger partial charge in [0.15, 0.2) is 24.0 Å². The van der Waals surface area contributed by atoms with Crippen LogP contribution < -0.4 is 16.0 Å². The molecule has 1 atom stereocenters. The van der Waals surface area contributed by atoms with E-state index in [9.17, 15) is 28.0 Å². The summed E-state index contributed by atoms with van der Waals surface area (Å²) in [5.74, 6) is -5.16. The predicted molar refractivity (Wildman–Crippen MR) is 94.6 cm³/mol. The van der Waals surface area contributed by atoms with Gasteiger partial charge in [-0.3, -0.25) is 14.4 Å². The summed E-state index contributed by atoms with van der Waals surface area (Å²) in [5.41, 5.74) is 0.00991. The van der Waals surface area contributed by atoms with Gasteiger partial charge in [0.1, 0.15) is 6.04 Å². The molecule has 9 nitrogen and oxygen atoms in total. The molecule has 3 amide bonds. The van der Waals surface area contributed by atoms with Crippen LogP contribution in [-0.2, 0) is 19.1 Å². The largest absolute Gasteiger partial charge is 0.459 e. The number of halogens is 2. The maximum Gasteiger partial charge on any atom is 0.328 e. The molecular formula is C18H17F2N3O6. The van der Waals surface area contributed by atoms with Crippen molar-refractivity contribution in [1.29, 1.82) is 0 Å². The average Bonchev–Trinajstić information content (AvgIpc) is 3.22. The number of ether oxygens (including phenoxy) is 1. The molecule has 0 bridgehead atoms. The molecule has 0 aliphatic rings. The first-order chi connectivity index (χ1) is 13.8. The lowest BCUT2D eigenvalue weighted by Gasteiger charge is -2.12. The van der Waals surface area contributed by atoms with Gasteiger partial charge in [-0.25, -0.2) is 13.6 Å². The van der Waals surface area contributed by atoms with Crippen molar-refractivity contribution in [1.82, 2.24) is 10.6 Å². The maximum absolute atomic E-state index is 13.1. The van der Waals surface area contributed by atoms with Crippen LogP contribution in [0.5, 0.6) is 0 Å². The lowest BCUT2D eigenvalue weighted by molar-refractivity contribution is -0.150. The van der Waals surface area contributed by atoms with Crippen LogP contribution in [0.1, 0.15) is 17.5 Å². The number of hydrogen-bond donors (Lipinski definition) is 3. The van der Waals surface area contributed by atoms with Crippen molar-refractivity contribution in [3.8, 4) is 0 Å². The highest BCUT2D eigenvalue weighted by Crippen LogP contribution is 2.12. The van der Waals surface area contributed by atoms with Crippen LogP contribution in [0.15, 0.2) is 41.0 Å². The molecule has 0 saturated heterocycles. The van der Waals surface area contributed by atoms with Crippen LogP contribution in [0.3, 0.4) is 0 Å². The molecule has 0 aliphatic carbocycles. The Morgan fingerprint density at radius 1 is 1.10 bits per heavy atom. The minimum atomic E-state index is -1.13. The monoisotopic (exact) mass is 409 g/mol. The number of furan rings is 1. The van der Waals surface area contributed by atoms with E-state index < -0.39 is 54.5 Å². The van der Waals surface area contributed by atoms with E-state index in [2.05, 4.69) is 16.0 Å². The number of anilines is 1. The van der Waals surface area contributed by atoms with Gasteiger partial charge in [-0.05, 0) is 31.2 Å². The van der Waals surface area contributed by atoms with E-state index in [1.807, 2.05) is 0 Å². The molecule has 0 fully saturated rings. The van der Waals surface area contributed by atoms with E-state index in [1.165, 1.54) is 25.3 Å². The molecule has 154 valence electrons. The highest BCUT2D eigenvalue weighted by Gasteiger charge is 2.20. The number of nitrogens with one attached hydrogen (secondary N) is 3. The van der Waals surface area contributed by atoms with Gasteiger partial charge in [0.25, 0.3) is 11.8 Å². The third-order valence-electron chi connectivity index (χ3n) is 3.44. The summed E-state index contributed by atoms with van der Waals surface area (Å²) >= 11 is 0. The van der Waals surface area contributed by atoms with Crippen molar-refractivity contribution in [2.45, 2.75) is 13.0 Å². The molecule has 0 radical (unpaired) electrons. The molecule has 29 heavy (non-hydrogen) atoms. The fourth-order valence-corrected chi connectivity index (χ4v) is 2.01. The van der Waals surface area contributed by atoms with Gasteiger partial charge in [-0.2, -0.15) is 0 Å². The summed E-state index contributed by atoms with van der Waals surface area (Å²) in [4.78, 5) is 46.9. The van der Waals surface area contributed by atoms with E-state index in [0.29, 0.717) is 0 Å². The van der Waals surface area contributed by atoms with Gasteiger partial charge < -0.3 is 25.1 Å². The van der Waals surface area contributed by atoms with Gasteiger partial charge >= 0.3 is 5.97 Å². The lowest BCUT2D eigenvalue weighted by atomic mass is 10.3. The van der Waals surface area contributed by atoms with Crippen LogP contribution >= 0.6 is 0 Å². The Morgan fingerprint density at radius 2 is 1.86 bits per heavy atom. The third-order valence-corrected chi connectivity index (χ3v) is 3.44. The molecule has 11 heteroatoms. The number of carbonyl (C=O) groups excluding carboxylic acids is 4. The summed E-state index contributed by atoms with van der Waals surface area (Å²) in [6.45, 7) is 0.189. The fraction of sp³-hybridized carbons (Fsp3) is 0.222. The molecular weight excluding hydrogens is 392 g/mol. The number of hydrogen-bond acceptors (Lipinski definition) is 6. The van der Waals surface area contributed by atoms with E-state index in [4.69, 9.17) is 9.15 Å². The zero-order chi connectivity index (χ0) is 21.4. The standard InChI is InChI=1S/C18H17F2N3O6/c1-10(22-17(26)14-3-2-6-28-14)18(27)29-9-16(25)21-8-15(24)23-11-4-5-12(19)13(20)7-11/h2-7,10H,8-9H2,1H3,(H,21,25)(H,22,26)(H,23,24)/t10-/m1/s1. The first kappa shape index (κ1) is 21.5. The van der Waals surface area contributed by atoms with Crippen molar-refractivity contribution in [3.63, 3.8) is 0 Å². The molecule has 0 spiro atoms. The summed E-state index contributed by atoms with van der Waals surface area (Å²) in [7, 11) is 0. The van der Waals surface area contributed by atoms with Gasteiger partial charge in [-0.15, -0.1) is 0 Å². The smallest absolute Gasteiger partial charge is 0.328 e. The summed E-state index contributed by atoms with van der Waals surface area (Å²) in [6, 6.07) is 4.65. The molecule has 2 aromatic rings. The quantitative estimate of drug-likeness (QED) is 0.558. The van der Waals surface area contributed by atoms with Crippen LogP contribution in [0.4, 0.5) is 14.5 Å². The summed E-state index contributed by atoms with van der Waals surface area (Å²) < 4.78 is 35.5. The summed E-state index contributed by atoms with van der Waals surface area (Å²) in [6.07, 6.45) is 1.30. The predicted octanol–water partition coefficient (Wildman–Crippen LogP) is 0.974. The van der Waals surface area contributed by atoms with Crippen molar-refractivity contribution in [2.75, 3.05) is 18.5 Å². The Bertz CT molecular complexity index is 901. The number of esters is 1. The Hall–Kier alpha value is -3.76. The normalized spacial score (nSPS) is 11.3. The van der Waals surface area contributed by atoms with Crippen LogP contribution in [0.25, 0.3) is 0 Å². The minimum absolute atomic E-state index is 0.00874. The second kappa shape index (κ2) is 9.97. The van der Waals surface area contributed by atoms with Crippen LogP contribution in [-0.4, -0.2) is 42.9 Å². The Morgan fingerprint density at radius 3 is 2.52 bits per heavy atom. The second-order valence-electron chi connectivity index (χ2n) is 5.73. The van der Waals surface area contributed by atoms with Crippen LogP contribution in [0, 0.1) is 11.6 Å². The van der Waals surface area contributed by atoms with Crippen molar-refractivity contribution in [2.24, 2.45) is 0 Å². The number of carbonyl (C=O) groups is 4. The van der Waals surface area contributed by atoms with Crippen molar-refractivity contribution in [3.05, 3.63) is 54.0 Å². The molecule has 1 heterocycles. The SMILES string of the molecule is C[C@@H](NC(=O)c1ccco1)C(=O)OCC(=O)NCC(=O)Nc1ccc(F)c(F)c1. The van der Waals surface area contributed by atoms with E-state index in [0.717, 1.165) is 18.2 Å². The highest BCUT2D eigenvalue weighted by atomic mass is 19.2. The van der Waals surface area contributed by atoms with E-state index in [-0.39, 0.29) is 11.4 Å². The first-order valence-corrected chi connectivity index (χ1v) is 8.29. The summed E-state index contributed by atoms with van der Waals surface area (Å²) in [5, 5.41) is 6.78. The Kier molecular flexibility index (Phi) is 7.40. The van der Waals surface area contributed by atoms with Crippen LogP contribution in [0.2, 0.25) is 0 Å². The minimum Gasteiger partial charge on any atom is -0.459 e. The van der Waals surface area contributed by atoms with Gasteiger partial charge in [-0.1, -0.05) is 0 Å². The highest BCUT2D eigenvalue weighted by molar-refractivity contribution is 5.96. The number of rotatable bonds is 8. The molecule has 1 aromatic carbocycles. The second-order valence-corrected chi connectivity index (χ2v) is 5.73. The average molecular weight is 409 g/mol. The third kappa shape index (κ3) is 6.72. The van der Waals surface area contributed by atoms with E-state index in [1.54, 1.807) is 0 Å². The molecule has 3 N–H and O–H groups in total. The molecule has 0 saturated carbocycles. The molecule has 1 aromatic heterocycles. The van der Waals surface area contributed by atoms with Crippen molar-refractivity contribution < 1.29 is 37.1 Å². The van der Waals surface area contributed by atoms with Crippen molar-refractivity contribution >= 4 is 29.4 Å². The zero-order valence-electron chi connectivity index (χ0n) is 15.2. The Labute approximate surface area is 163 Å². The Balaban J connectivity index is 1.69. The fourth-order valence-electron chi connectivity index (χ4n) is 2.01. The van der Waals surface area contributed by atoms with E-state index >= 15 is 0 Å². The van der Waals surface area contributed by atoms with Gasteiger partial charge in [0.2, 0.25) is 5.91 Å². The molecule has 0 unspecified atom stereocenters. The molecule has 2 rings (SSSR count). The lowest BCUT2D eigenvalue weighted by Crippen LogP contribution is -2.41. The first-order valence-electron chi connectivity index (χ1n) is 8.29. The topological polar surface area (TPSA) is 127 Å². The van der Waals surface area contributed by atoms with Gasteiger partial charge in [0, 0.05) is 11.8 Å². The molecule has 0 aliphatic heterocycles. The van der Waals surface area contributed by atoms with Gasteiger partial charge in [0.05, 0.1) is 12.8 Å². The number of amides is 3.